The van der Waals surface area contributed by atoms with E-state index < -0.39 is 35.7 Å². The van der Waals surface area contributed by atoms with Crippen molar-refractivity contribution in [3.8, 4) is 5.75 Å². The lowest BCUT2D eigenvalue weighted by Gasteiger charge is -2.32. The minimum Gasteiger partial charge on any atom is -0.481 e. The summed E-state index contributed by atoms with van der Waals surface area (Å²) in [4.78, 5) is 24.4. The number of halogens is 2. The lowest BCUT2D eigenvalue weighted by molar-refractivity contribution is -0.161. The molecule has 1 amide bonds. The molecule has 0 spiro atoms. The van der Waals surface area contributed by atoms with Gasteiger partial charge in [0.2, 0.25) is 0 Å². The molecule has 6 nitrogen and oxygen atoms in total. The van der Waals surface area contributed by atoms with E-state index >= 15 is 0 Å². The van der Waals surface area contributed by atoms with Crippen LogP contribution in [0.2, 0.25) is 0 Å². The molecule has 120 valence electrons. The summed E-state index contributed by atoms with van der Waals surface area (Å²) in [7, 11) is 0. The van der Waals surface area contributed by atoms with Crippen LogP contribution in [0.1, 0.15) is 6.92 Å². The van der Waals surface area contributed by atoms with Crippen molar-refractivity contribution in [1.82, 2.24) is 4.90 Å². The van der Waals surface area contributed by atoms with Gasteiger partial charge in [-0.2, -0.15) is 0 Å². The summed E-state index contributed by atoms with van der Waals surface area (Å²) in [5, 5.41) is 8.90. The Labute approximate surface area is 125 Å². The van der Waals surface area contributed by atoms with Crippen LogP contribution in [0.15, 0.2) is 18.2 Å². The van der Waals surface area contributed by atoms with Crippen LogP contribution in [-0.4, -0.2) is 53.8 Å². The first-order valence-corrected chi connectivity index (χ1v) is 6.63. The minimum absolute atomic E-state index is 0.0165. The molecule has 1 aliphatic heterocycles. The fraction of sp³-hybridized carbons (Fsp3) is 0.429. The van der Waals surface area contributed by atoms with Gasteiger partial charge in [-0.3, -0.25) is 4.79 Å². The number of amides is 1. The smallest absolute Gasteiger partial charge is 0.334 e. The molecule has 22 heavy (non-hydrogen) atoms. The van der Waals surface area contributed by atoms with Gasteiger partial charge in [-0.25, -0.2) is 13.6 Å². The van der Waals surface area contributed by atoms with E-state index in [1.54, 1.807) is 0 Å². The molecule has 8 heteroatoms. The second-order valence-corrected chi connectivity index (χ2v) is 4.82. The maximum atomic E-state index is 13.1. The number of morpholine rings is 1. The SMILES string of the molecule is C[C@H](Oc1ccc(F)c(F)c1)C(=O)N1CCO[C@H](C(=O)O)C1. The highest BCUT2D eigenvalue weighted by Gasteiger charge is 2.31. The number of aliphatic carboxylic acids is 1. The monoisotopic (exact) mass is 315 g/mol. The van der Waals surface area contributed by atoms with Gasteiger partial charge in [-0.15, -0.1) is 0 Å². The molecular weight excluding hydrogens is 300 g/mol. The van der Waals surface area contributed by atoms with Gasteiger partial charge in [-0.1, -0.05) is 0 Å². The third-order valence-electron chi connectivity index (χ3n) is 3.21. The predicted octanol–water partition coefficient (Wildman–Crippen LogP) is 1.04. The van der Waals surface area contributed by atoms with E-state index in [9.17, 15) is 18.4 Å². The van der Waals surface area contributed by atoms with E-state index in [2.05, 4.69) is 0 Å². The van der Waals surface area contributed by atoms with Crippen LogP contribution in [0.4, 0.5) is 8.78 Å². The molecule has 2 rings (SSSR count). The number of nitrogens with zero attached hydrogens (tertiary/aromatic N) is 1. The number of carboxylic acids is 1. The average Bonchev–Trinajstić information content (AvgIpc) is 2.50. The molecule has 0 radical (unpaired) electrons. The van der Waals surface area contributed by atoms with E-state index in [1.165, 1.54) is 17.9 Å². The predicted molar refractivity (Wildman–Crippen MR) is 70.4 cm³/mol. The molecule has 0 aliphatic carbocycles. The second kappa shape index (κ2) is 6.69. The van der Waals surface area contributed by atoms with Gasteiger partial charge in [0.1, 0.15) is 5.75 Å². The van der Waals surface area contributed by atoms with Crippen LogP contribution in [0.25, 0.3) is 0 Å². The molecule has 1 aromatic rings. The summed E-state index contributed by atoms with van der Waals surface area (Å²) >= 11 is 0. The van der Waals surface area contributed by atoms with Crippen LogP contribution in [0.3, 0.4) is 0 Å². The van der Waals surface area contributed by atoms with Crippen molar-refractivity contribution < 1.29 is 33.0 Å². The molecule has 1 N–H and O–H groups in total. The van der Waals surface area contributed by atoms with Crippen LogP contribution in [-0.2, 0) is 14.3 Å². The highest BCUT2D eigenvalue weighted by Crippen LogP contribution is 2.18. The minimum atomic E-state index is -1.15. The highest BCUT2D eigenvalue weighted by atomic mass is 19.2. The molecule has 0 unspecified atom stereocenters. The number of hydrogen-bond donors (Lipinski definition) is 1. The largest absolute Gasteiger partial charge is 0.481 e. The summed E-state index contributed by atoms with van der Waals surface area (Å²) in [5.74, 6) is -3.66. The first-order chi connectivity index (χ1) is 10.4. The Morgan fingerprint density at radius 3 is 2.77 bits per heavy atom. The molecule has 0 saturated carbocycles. The van der Waals surface area contributed by atoms with Crippen molar-refractivity contribution in [3.63, 3.8) is 0 Å². The van der Waals surface area contributed by atoms with Crippen LogP contribution in [0, 0.1) is 11.6 Å². The normalized spacial score (nSPS) is 19.6. The summed E-state index contributed by atoms with van der Waals surface area (Å²) in [6, 6.07) is 2.96. The summed E-state index contributed by atoms with van der Waals surface area (Å²) in [6.07, 6.45) is -2.04. The number of carboxylic acid groups (broad SMARTS) is 1. The quantitative estimate of drug-likeness (QED) is 0.898. The fourth-order valence-corrected chi connectivity index (χ4v) is 2.06. The summed E-state index contributed by atoms with van der Waals surface area (Å²) < 4.78 is 36.2. The van der Waals surface area contributed by atoms with Crippen LogP contribution in [0.5, 0.6) is 5.75 Å². The van der Waals surface area contributed by atoms with Crippen molar-refractivity contribution in [2.75, 3.05) is 19.7 Å². The van der Waals surface area contributed by atoms with Crippen molar-refractivity contribution in [2.24, 2.45) is 0 Å². The van der Waals surface area contributed by atoms with Crippen molar-refractivity contribution >= 4 is 11.9 Å². The molecule has 1 aromatic carbocycles. The number of benzene rings is 1. The zero-order chi connectivity index (χ0) is 16.3. The molecular formula is C14H15F2NO5. The number of rotatable bonds is 4. The van der Waals surface area contributed by atoms with Gasteiger partial charge in [0.15, 0.2) is 23.8 Å². The Morgan fingerprint density at radius 2 is 2.14 bits per heavy atom. The molecule has 2 atom stereocenters. The van der Waals surface area contributed by atoms with Gasteiger partial charge in [-0.05, 0) is 19.1 Å². The Morgan fingerprint density at radius 1 is 1.41 bits per heavy atom. The number of carbonyl (C=O) groups excluding carboxylic acids is 1. The first-order valence-electron chi connectivity index (χ1n) is 6.63. The third-order valence-corrected chi connectivity index (χ3v) is 3.21. The highest BCUT2D eigenvalue weighted by molar-refractivity contribution is 5.82. The molecule has 1 aliphatic rings. The lowest BCUT2D eigenvalue weighted by atomic mass is 10.2. The lowest BCUT2D eigenvalue weighted by Crippen LogP contribution is -2.51. The van der Waals surface area contributed by atoms with Crippen LogP contribution < -0.4 is 4.74 Å². The molecule has 1 saturated heterocycles. The summed E-state index contributed by atoms with van der Waals surface area (Å²) in [6.45, 7) is 1.73. The van der Waals surface area contributed by atoms with Gasteiger partial charge in [0.05, 0.1) is 13.2 Å². The topological polar surface area (TPSA) is 76.1 Å². The molecule has 0 aromatic heterocycles. The maximum absolute atomic E-state index is 13.1. The van der Waals surface area contributed by atoms with Crippen molar-refractivity contribution in [3.05, 3.63) is 29.8 Å². The molecule has 0 bridgehead atoms. The Hall–Kier alpha value is -2.22. The second-order valence-electron chi connectivity index (χ2n) is 4.82. The van der Waals surface area contributed by atoms with Gasteiger partial charge in [0.25, 0.3) is 5.91 Å². The van der Waals surface area contributed by atoms with E-state index in [0.717, 1.165) is 12.1 Å². The standard InChI is InChI=1S/C14H15F2NO5/c1-8(22-9-2-3-10(15)11(16)6-9)13(18)17-4-5-21-12(7-17)14(19)20/h2-3,6,8,12H,4-5,7H2,1H3,(H,19,20)/t8-,12-/m0/s1. The van der Waals surface area contributed by atoms with E-state index in [4.69, 9.17) is 14.6 Å². The maximum Gasteiger partial charge on any atom is 0.334 e. The Bertz CT molecular complexity index is 580. The zero-order valence-electron chi connectivity index (χ0n) is 11.8. The Balaban J connectivity index is 1.99. The third kappa shape index (κ3) is 3.70. The van der Waals surface area contributed by atoms with Gasteiger partial charge < -0.3 is 19.5 Å². The number of ether oxygens (including phenoxy) is 2. The summed E-state index contributed by atoms with van der Waals surface area (Å²) in [5.41, 5.74) is 0. The van der Waals surface area contributed by atoms with E-state index in [0.29, 0.717) is 0 Å². The number of carbonyl (C=O) groups is 2. The van der Waals surface area contributed by atoms with Gasteiger partial charge >= 0.3 is 5.97 Å². The molecule has 1 fully saturated rings. The van der Waals surface area contributed by atoms with Crippen LogP contribution >= 0.6 is 0 Å². The first kappa shape index (κ1) is 16.2. The zero-order valence-corrected chi connectivity index (χ0v) is 11.8. The van der Waals surface area contributed by atoms with E-state index in [1.807, 2.05) is 0 Å². The number of hydrogen-bond acceptors (Lipinski definition) is 4. The fourth-order valence-electron chi connectivity index (χ4n) is 2.06. The molecule has 1 heterocycles. The van der Waals surface area contributed by atoms with Crippen molar-refractivity contribution in [1.29, 1.82) is 0 Å². The van der Waals surface area contributed by atoms with Gasteiger partial charge in [0, 0.05) is 12.6 Å². The average molecular weight is 315 g/mol. The Kier molecular flexibility index (Phi) is 4.92. The van der Waals surface area contributed by atoms with E-state index in [-0.39, 0.29) is 25.4 Å². The van der Waals surface area contributed by atoms with Crippen molar-refractivity contribution in [2.45, 2.75) is 19.1 Å².